The number of carbonyl (C=O) groups excluding carboxylic acids is 1. The molecule has 0 saturated carbocycles. The molecule has 3 rings (SSSR count). The summed E-state index contributed by atoms with van der Waals surface area (Å²) in [4.78, 5) is 24.2. The summed E-state index contributed by atoms with van der Waals surface area (Å²) >= 11 is 5.97. The number of ether oxygens (including phenoxy) is 1. The summed E-state index contributed by atoms with van der Waals surface area (Å²) < 4.78 is 45.7. The minimum atomic E-state index is -4.36. The summed E-state index contributed by atoms with van der Waals surface area (Å²) in [6.45, 7) is 2.97. The molecule has 0 aliphatic heterocycles. The maximum Gasteiger partial charge on any atom is 0.352 e. The summed E-state index contributed by atoms with van der Waals surface area (Å²) in [5.41, 5.74) is -0.214. The van der Waals surface area contributed by atoms with E-state index < -0.39 is 40.0 Å². The Morgan fingerprint density at radius 2 is 1.77 bits per heavy atom. The topological polar surface area (TPSA) is 113 Å². The number of aliphatic carboxylic acids is 1. The van der Waals surface area contributed by atoms with Crippen molar-refractivity contribution in [2.75, 3.05) is 12.4 Å². The van der Waals surface area contributed by atoms with Gasteiger partial charge < -0.3 is 15.2 Å². The van der Waals surface area contributed by atoms with Crippen molar-refractivity contribution >= 4 is 39.2 Å². The molecule has 0 spiro atoms. The second-order valence-corrected chi connectivity index (χ2v) is 9.44. The van der Waals surface area contributed by atoms with Crippen molar-refractivity contribution in [2.45, 2.75) is 11.4 Å². The number of para-hydroxylation sites is 1. The van der Waals surface area contributed by atoms with Gasteiger partial charge in [0.1, 0.15) is 17.3 Å². The number of benzene rings is 3. The Morgan fingerprint density at radius 3 is 2.37 bits per heavy atom. The smallest absolute Gasteiger partial charge is 0.352 e. The molecule has 0 fully saturated rings. The zero-order chi connectivity index (χ0) is 25.8. The largest absolute Gasteiger partial charge is 0.497 e. The van der Waals surface area contributed by atoms with Crippen molar-refractivity contribution in [3.05, 3.63) is 101 Å². The average molecular weight is 519 g/mol. The summed E-state index contributed by atoms with van der Waals surface area (Å²) in [6.07, 6.45) is 0. The average Bonchev–Trinajstić information content (AvgIpc) is 2.82. The SMILES string of the molecule is C=C(C(=O)O)N(Cc1ccccc1NC(=O)c1ccc(F)cc1Cl)S(=O)(=O)c1ccc(OC)cc1. The van der Waals surface area contributed by atoms with Gasteiger partial charge in [-0.2, -0.15) is 0 Å². The number of carbonyl (C=O) groups is 2. The quantitative estimate of drug-likeness (QED) is 0.402. The van der Waals surface area contributed by atoms with Crippen LogP contribution in [0.25, 0.3) is 0 Å². The van der Waals surface area contributed by atoms with Crippen LogP contribution in [0.4, 0.5) is 10.1 Å². The Balaban J connectivity index is 1.97. The number of sulfonamides is 1. The van der Waals surface area contributed by atoms with Gasteiger partial charge in [0, 0.05) is 5.69 Å². The molecule has 11 heteroatoms. The van der Waals surface area contributed by atoms with Gasteiger partial charge in [-0.05, 0) is 54.1 Å². The van der Waals surface area contributed by atoms with Gasteiger partial charge in [0.15, 0.2) is 0 Å². The zero-order valence-corrected chi connectivity index (χ0v) is 19.9. The van der Waals surface area contributed by atoms with Crippen LogP contribution in [0.5, 0.6) is 5.75 Å². The number of nitrogens with zero attached hydrogens (tertiary/aromatic N) is 1. The Kier molecular flexibility index (Phi) is 7.78. The molecule has 0 aliphatic rings. The molecule has 3 aromatic carbocycles. The van der Waals surface area contributed by atoms with Gasteiger partial charge in [0.05, 0.1) is 29.1 Å². The fourth-order valence-electron chi connectivity index (χ4n) is 3.11. The van der Waals surface area contributed by atoms with E-state index in [1.165, 1.54) is 49.6 Å². The predicted molar refractivity (Wildman–Crippen MR) is 128 cm³/mol. The van der Waals surface area contributed by atoms with Crippen molar-refractivity contribution in [1.82, 2.24) is 4.31 Å². The van der Waals surface area contributed by atoms with Gasteiger partial charge in [0.25, 0.3) is 15.9 Å². The lowest BCUT2D eigenvalue weighted by molar-refractivity contribution is -0.133. The molecule has 0 radical (unpaired) electrons. The zero-order valence-electron chi connectivity index (χ0n) is 18.4. The van der Waals surface area contributed by atoms with Crippen molar-refractivity contribution in [1.29, 1.82) is 0 Å². The molecule has 0 heterocycles. The molecule has 182 valence electrons. The van der Waals surface area contributed by atoms with E-state index in [2.05, 4.69) is 11.9 Å². The predicted octanol–water partition coefficient (Wildman–Crippen LogP) is 4.53. The van der Waals surface area contributed by atoms with Gasteiger partial charge in [-0.3, -0.25) is 9.10 Å². The molecule has 0 aliphatic carbocycles. The molecule has 0 saturated heterocycles. The lowest BCUT2D eigenvalue weighted by Crippen LogP contribution is -2.33. The Hall–Kier alpha value is -3.89. The van der Waals surface area contributed by atoms with E-state index in [1.807, 2.05) is 0 Å². The van der Waals surface area contributed by atoms with Gasteiger partial charge in [0.2, 0.25) is 0 Å². The van der Waals surface area contributed by atoms with Crippen LogP contribution in [0.2, 0.25) is 5.02 Å². The molecule has 2 N–H and O–H groups in total. The molecule has 0 bridgehead atoms. The lowest BCUT2D eigenvalue weighted by atomic mass is 10.1. The summed E-state index contributed by atoms with van der Waals surface area (Å²) in [5, 5.41) is 12.0. The van der Waals surface area contributed by atoms with Gasteiger partial charge in [-0.25, -0.2) is 17.6 Å². The van der Waals surface area contributed by atoms with E-state index in [1.54, 1.807) is 12.1 Å². The Bertz CT molecular complexity index is 1390. The fraction of sp³-hybridized carbons (Fsp3) is 0.0833. The Morgan fingerprint density at radius 1 is 1.11 bits per heavy atom. The highest BCUT2D eigenvalue weighted by molar-refractivity contribution is 7.89. The maximum atomic E-state index is 13.3. The molecule has 0 aromatic heterocycles. The van der Waals surface area contributed by atoms with E-state index in [4.69, 9.17) is 16.3 Å². The minimum Gasteiger partial charge on any atom is -0.497 e. The van der Waals surface area contributed by atoms with Crippen LogP contribution >= 0.6 is 11.6 Å². The molecular formula is C24H20ClFN2O6S. The third kappa shape index (κ3) is 5.79. The van der Waals surface area contributed by atoms with Gasteiger partial charge >= 0.3 is 5.97 Å². The van der Waals surface area contributed by atoms with E-state index >= 15 is 0 Å². The molecule has 8 nitrogen and oxygen atoms in total. The lowest BCUT2D eigenvalue weighted by Gasteiger charge is -2.25. The van der Waals surface area contributed by atoms with Crippen LogP contribution in [0, 0.1) is 5.82 Å². The summed E-state index contributed by atoms with van der Waals surface area (Å²) in [7, 11) is -2.93. The van der Waals surface area contributed by atoms with Crippen molar-refractivity contribution in [3.63, 3.8) is 0 Å². The van der Waals surface area contributed by atoms with E-state index in [-0.39, 0.29) is 26.7 Å². The number of halogens is 2. The van der Waals surface area contributed by atoms with Crippen LogP contribution in [0.3, 0.4) is 0 Å². The molecular weight excluding hydrogens is 499 g/mol. The van der Waals surface area contributed by atoms with E-state index in [9.17, 15) is 27.5 Å². The van der Waals surface area contributed by atoms with Crippen LogP contribution in [0.15, 0.2) is 83.9 Å². The summed E-state index contributed by atoms with van der Waals surface area (Å²) in [6, 6.07) is 14.9. The van der Waals surface area contributed by atoms with Crippen LogP contribution in [-0.2, 0) is 21.4 Å². The van der Waals surface area contributed by atoms with Crippen molar-refractivity contribution < 1.29 is 32.2 Å². The molecule has 1 amide bonds. The third-order valence-electron chi connectivity index (χ3n) is 4.95. The number of anilines is 1. The molecule has 35 heavy (non-hydrogen) atoms. The third-order valence-corrected chi connectivity index (χ3v) is 7.06. The highest BCUT2D eigenvalue weighted by Crippen LogP contribution is 2.28. The maximum absolute atomic E-state index is 13.3. The number of rotatable bonds is 9. The Labute approximate surface area is 206 Å². The first-order valence-corrected chi connectivity index (χ1v) is 11.8. The van der Waals surface area contributed by atoms with Crippen LogP contribution < -0.4 is 10.1 Å². The number of methoxy groups -OCH3 is 1. The first kappa shape index (κ1) is 25.7. The first-order valence-electron chi connectivity index (χ1n) is 9.98. The number of hydrogen-bond acceptors (Lipinski definition) is 5. The van der Waals surface area contributed by atoms with Crippen molar-refractivity contribution in [2.24, 2.45) is 0 Å². The summed E-state index contributed by atoms with van der Waals surface area (Å²) in [5.74, 6) is -2.40. The van der Waals surface area contributed by atoms with E-state index in [0.717, 1.165) is 12.1 Å². The highest BCUT2D eigenvalue weighted by atomic mass is 35.5. The standard InChI is InChI=1S/C24H20ClFN2O6S/c1-15(24(30)31)28(35(32,33)19-10-8-18(34-2)9-11-19)14-16-5-3-4-6-22(16)27-23(29)20-12-7-17(26)13-21(20)25/h3-13H,1,14H2,2H3,(H,27,29)(H,30,31). The number of carboxylic acid groups (broad SMARTS) is 1. The van der Waals surface area contributed by atoms with Crippen molar-refractivity contribution in [3.8, 4) is 5.75 Å². The first-order chi connectivity index (χ1) is 16.5. The second kappa shape index (κ2) is 10.6. The van der Waals surface area contributed by atoms with Gasteiger partial charge in [-0.1, -0.05) is 36.4 Å². The fourth-order valence-corrected chi connectivity index (χ4v) is 4.77. The monoisotopic (exact) mass is 518 g/mol. The number of hydrogen-bond donors (Lipinski definition) is 2. The second-order valence-electron chi connectivity index (χ2n) is 7.17. The molecule has 0 atom stereocenters. The molecule has 0 unspecified atom stereocenters. The normalized spacial score (nSPS) is 10.9. The van der Waals surface area contributed by atoms with Gasteiger partial charge in [-0.15, -0.1) is 0 Å². The van der Waals surface area contributed by atoms with E-state index in [0.29, 0.717) is 10.1 Å². The van der Waals surface area contributed by atoms with Crippen LogP contribution in [0.1, 0.15) is 15.9 Å². The number of carboxylic acids is 1. The minimum absolute atomic E-state index is 0.000487. The molecule has 3 aromatic rings. The number of nitrogens with one attached hydrogen (secondary N) is 1. The highest BCUT2D eigenvalue weighted by Gasteiger charge is 2.30. The number of amides is 1. The van der Waals surface area contributed by atoms with Crippen LogP contribution in [-0.4, -0.2) is 36.8 Å².